The first-order valence-electron chi connectivity index (χ1n) is 17.3. The van der Waals surface area contributed by atoms with Gasteiger partial charge >= 0.3 is 0 Å². The molecule has 0 amide bonds. The van der Waals surface area contributed by atoms with E-state index in [0.717, 1.165) is 54.8 Å². The highest BCUT2D eigenvalue weighted by atomic mass is 32.1. The van der Waals surface area contributed by atoms with Crippen LogP contribution in [0, 0.1) is 0 Å². The van der Waals surface area contributed by atoms with Gasteiger partial charge in [-0.1, -0.05) is 115 Å². The van der Waals surface area contributed by atoms with Crippen LogP contribution in [0.25, 0.3) is 108 Å². The third-order valence-corrected chi connectivity index (χ3v) is 12.2. The molecule has 0 N–H and O–H groups in total. The summed E-state index contributed by atoms with van der Waals surface area (Å²) in [5.41, 5.74) is 7.80. The number of aromatic nitrogens is 2. The fraction of sp³-hybridized carbons (Fsp3) is 0. The molecule has 0 atom stereocenters. The SMILES string of the molecule is O=c1c2ccccc2c2cccc3c4cc(-c5cccc(-n6c7ccccc7c7c8ccccc8c8c9ccccc9sc8c76)c5)ccc4n1c23. The van der Waals surface area contributed by atoms with Crippen LogP contribution in [-0.4, -0.2) is 8.97 Å². The quantitative estimate of drug-likeness (QED) is 0.169. The second-order valence-corrected chi connectivity index (χ2v) is 14.6. The molecule has 0 unspecified atom stereocenters. The fourth-order valence-corrected chi connectivity index (χ4v) is 10.2. The van der Waals surface area contributed by atoms with Crippen LogP contribution in [0.15, 0.2) is 163 Å². The number of rotatable bonds is 2. The van der Waals surface area contributed by atoms with Gasteiger partial charge in [-0.15, -0.1) is 11.3 Å². The average molecular weight is 667 g/mol. The molecule has 0 saturated carbocycles. The van der Waals surface area contributed by atoms with E-state index in [0.29, 0.717) is 0 Å². The van der Waals surface area contributed by atoms with E-state index in [1.807, 2.05) is 33.9 Å². The summed E-state index contributed by atoms with van der Waals surface area (Å²) in [7, 11) is 0. The maximum atomic E-state index is 13.9. The van der Waals surface area contributed by atoms with E-state index in [2.05, 4.69) is 144 Å². The van der Waals surface area contributed by atoms with E-state index in [4.69, 9.17) is 0 Å². The number of pyridine rings is 1. The van der Waals surface area contributed by atoms with Gasteiger partial charge in [0.25, 0.3) is 5.56 Å². The molecule has 0 aliphatic carbocycles. The van der Waals surface area contributed by atoms with E-state index in [9.17, 15) is 4.79 Å². The van der Waals surface area contributed by atoms with Crippen LogP contribution in [0.1, 0.15) is 0 Å². The number of para-hydroxylation sites is 2. The van der Waals surface area contributed by atoms with Crippen molar-refractivity contribution in [2.24, 2.45) is 0 Å². The Kier molecular flexibility index (Phi) is 5.26. The maximum Gasteiger partial charge on any atom is 0.263 e. The standard InChI is InChI=1S/C47H26N2OS/c50-47-35-16-4-1-13-30(35)33-19-10-20-34-38-26-28(23-24-40(38)49(47)44(33)34)27-11-9-12-29(25-27)48-39-21-7-5-17-36(39)42-31-14-2-3-15-32(31)43-37-18-6-8-22-41(37)51-46(43)45(42)48/h1-26H. The number of fused-ring (bicyclic) bond motifs is 15. The van der Waals surface area contributed by atoms with Crippen molar-refractivity contribution < 1.29 is 0 Å². The molecule has 4 heterocycles. The highest BCUT2D eigenvalue weighted by Crippen LogP contribution is 2.48. The summed E-state index contributed by atoms with van der Waals surface area (Å²) in [6, 6.07) is 56.4. The largest absolute Gasteiger partial charge is 0.308 e. The molecule has 0 aliphatic heterocycles. The minimum atomic E-state index is 0.0329. The van der Waals surface area contributed by atoms with E-state index in [1.54, 1.807) is 0 Å². The summed E-state index contributed by atoms with van der Waals surface area (Å²) >= 11 is 1.89. The Morgan fingerprint density at radius 3 is 1.88 bits per heavy atom. The molecule has 8 aromatic carbocycles. The lowest BCUT2D eigenvalue weighted by molar-refractivity contribution is 1.19. The Hall–Kier alpha value is -6.49. The molecule has 236 valence electrons. The van der Waals surface area contributed by atoms with Gasteiger partial charge in [0.2, 0.25) is 0 Å². The smallest absolute Gasteiger partial charge is 0.263 e. The number of nitrogens with zero attached hydrogens (tertiary/aromatic N) is 2. The van der Waals surface area contributed by atoms with Gasteiger partial charge in [0.1, 0.15) is 0 Å². The van der Waals surface area contributed by atoms with Crippen LogP contribution in [0.3, 0.4) is 0 Å². The predicted octanol–water partition coefficient (Wildman–Crippen LogP) is 12.5. The molecule has 0 radical (unpaired) electrons. The fourth-order valence-electron chi connectivity index (χ4n) is 8.92. The van der Waals surface area contributed by atoms with Crippen LogP contribution in [-0.2, 0) is 0 Å². The number of benzene rings is 8. The molecule has 12 rings (SSSR count). The Morgan fingerprint density at radius 2 is 1.04 bits per heavy atom. The van der Waals surface area contributed by atoms with Crippen molar-refractivity contribution in [2.45, 2.75) is 0 Å². The Bertz CT molecular complexity index is 3510. The molecular formula is C47H26N2OS. The van der Waals surface area contributed by atoms with Gasteiger partial charge in [0.15, 0.2) is 0 Å². The predicted molar refractivity (Wildman–Crippen MR) is 218 cm³/mol. The summed E-state index contributed by atoms with van der Waals surface area (Å²) in [6.07, 6.45) is 0. The molecule has 4 heteroatoms. The molecule has 0 fully saturated rings. The third kappa shape index (κ3) is 3.49. The first kappa shape index (κ1) is 27.3. The van der Waals surface area contributed by atoms with Crippen molar-refractivity contribution in [3.05, 3.63) is 168 Å². The zero-order valence-corrected chi connectivity index (χ0v) is 28.0. The van der Waals surface area contributed by atoms with E-state index < -0.39 is 0 Å². The van der Waals surface area contributed by atoms with Gasteiger partial charge in [-0.2, -0.15) is 0 Å². The third-order valence-electron chi connectivity index (χ3n) is 11.0. The summed E-state index contributed by atoms with van der Waals surface area (Å²) in [5.74, 6) is 0. The summed E-state index contributed by atoms with van der Waals surface area (Å²) in [5, 5.41) is 12.8. The monoisotopic (exact) mass is 666 g/mol. The van der Waals surface area contributed by atoms with Gasteiger partial charge < -0.3 is 4.57 Å². The molecule has 0 saturated heterocycles. The lowest BCUT2D eigenvalue weighted by atomic mass is 9.99. The maximum absolute atomic E-state index is 13.9. The molecular weight excluding hydrogens is 641 g/mol. The highest BCUT2D eigenvalue weighted by Gasteiger charge is 2.22. The highest BCUT2D eigenvalue weighted by molar-refractivity contribution is 7.27. The minimum absolute atomic E-state index is 0.0329. The zero-order valence-electron chi connectivity index (χ0n) is 27.2. The number of thiophene rings is 1. The lowest BCUT2D eigenvalue weighted by Crippen LogP contribution is -2.12. The average Bonchev–Trinajstić information content (AvgIpc) is 3.86. The molecule has 51 heavy (non-hydrogen) atoms. The number of hydrogen-bond donors (Lipinski definition) is 0. The van der Waals surface area contributed by atoms with Gasteiger partial charge in [0.05, 0.1) is 26.8 Å². The second kappa shape index (κ2) is 9.81. The minimum Gasteiger partial charge on any atom is -0.308 e. The molecule has 0 spiro atoms. The summed E-state index contributed by atoms with van der Waals surface area (Å²) < 4.78 is 7.01. The molecule has 0 bridgehead atoms. The van der Waals surface area contributed by atoms with Crippen molar-refractivity contribution in [1.82, 2.24) is 8.97 Å². The first-order valence-corrected chi connectivity index (χ1v) is 18.1. The normalized spacial score (nSPS) is 12.4. The molecule has 12 aromatic rings. The van der Waals surface area contributed by atoms with Gasteiger partial charge in [-0.3, -0.25) is 9.20 Å². The van der Waals surface area contributed by atoms with Gasteiger partial charge in [-0.25, -0.2) is 0 Å². The zero-order chi connectivity index (χ0) is 33.4. The van der Waals surface area contributed by atoms with E-state index >= 15 is 0 Å². The van der Waals surface area contributed by atoms with Gasteiger partial charge in [-0.05, 0) is 69.8 Å². The molecule has 0 aliphatic rings. The van der Waals surface area contributed by atoms with Crippen LogP contribution in [0.2, 0.25) is 0 Å². The van der Waals surface area contributed by atoms with E-state index in [-0.39, 0.29) is 5.56 Å². The Labute approximate surface area is 294 Å². The van der Waals surface area contributed by atoms with Gasteiger partial charge in [0, 0.05) is 53.5 Å². The first-order chi connectivity index (χ1) is 25.2. The van der Waals surface area contributed by atoms with Crippen molar-refractivity contribution in [2.75, 3.05) is 0 Å². The number of hydrogen-bond acceptors (Lipinski definition) is 2. The van der Waals surface area contributed by atoms with Crippen LogP contribution < -0.4 is 5.56 Å². The lowest BCUT2D eigenvalue weighted by Gasteiger charge is -2.12. The summed E-state index contributed by atoms with van der Waals surface area (Å²) in [6.45, 7) is 0. The Balaban J connectivity index is 1.15. The summed E-state index contributed by atoms with van der Waals surface area (Å²) in [4.78, 5) is 13.9. The second-order valence-electron chi connectivity index (χ2n) is 13.6. The van der Waals surface area contributed by atoms with Crippen molar-refractivity contribution >= 4 is 102 Å². The molecule has 4 aromatic heterocycles. The van der Waals surface area contributed by atoms with E-state index in [1.165, 1.54) is 52.8 Å². The van der Waals surface area contributed by atoms with Crippen LogP contribution >= 0.6 is 11.3 Å². The molecule has 3 nitrogen and oxygen atoms in total. The van der Waals surface area contributed by atoms with Crippen LogP contribution in [0.5, 0.6) is 0 Å². The van der Waals surface area contributed by atoms with Crippen molar-refractivity contribution in [3.8, 4) is 16.8 Å². The van der Waals surface area contributed by atoms with Crippen molar-refractivity contribution in [3.63, 3.8) is 0 Å². The topological polar surface area (TPSA) is 26.4 Å². The van der Waals surface area contributed by atoms with Crippen LogP contribution in [0.4, 0.5) is 0 Å². The Morgan fingerprint density at radius 1 is 0.412 bits per heavy atom. The van der Waals surface area contributed by atoms with Crippen molar-refractivity contribution in [1.29, 1.82) is 0 Å².